The molecule has 0 amide bonds. The molecule has 7 N–H and O–H groups in total. The molecule has 0 bridgehead atoms. The zero-order valence-electron chi connectivity index (χ0n) is 32.6. The van der Waals surface area contributed by atoms with Crippen molar-refractivity contribution in [2.45, 2.75) is 173 Å². The summed E-state index contributed by atoms with van der Waals surface area (Å²) < 4.78 is 11.5. The van der Waals surface area contributed by atoms with Crippen molar-refractivity contribution in [3.63, 3.8) is 0 Å². The van der Waals surface area contributed by atoms with Crippen molar-refractivity contribution in [1.82, 2.24) is 15.1 Å². The molecule has 5 aliphatic rings. The molecule has 0 unspecified atom stereocenters. The average molecular weight is 738 g/mol. The van der Waals surface area contributed by atoms with Crippen molar-refractivity contribution in [2.75, 3.05) is 26.3 Å². The molecule has 5 heterocycles. The van der Waals surface area contributed by atoms with E-state index in [0.717, 1.165) is 126 Å². The first-order chi connectivity index (χ1) is 25.8. The van der Waals surface area contributed by atoms with Gasteiger partial charge in [-0.05, 0) is 71.1 Å². The van der Waals surface area contributed by atoms with Crippen LogP contribution in [0, 0.1) is 0 Å². The van der Waals surface area contributed by atoms with Crippen LogP contribution in [0.25, 0.3) is 0 Å². The molecule has 5 rings (SSSR count). The molecule has 0 radical (unpaired) electrons. The SMILES string of the molecule is CCCCCCC[C@@H]1C[C@@H]2CC[C@H]3C(C(=O)OCCCCCCCCC[C@H]4N=C(N)N5CCCC5=C4C(=O)OCCCCN=C(N)N)=C(C)NC(=N1)N23. The van der Waals surface area contributed by atoms with Crippen LogP contribution < -0.4 is 22.5 Å². The third-order valence-electron chi connectivity index (χ3n) is 11.5. The van der Waals surface area contributed by atoms with E-state index in [4.69, 9.17) is 36.7 Å². The van der Waals surface area contributed by atoms with Crippen molar-refractivity contribution in [3.8, 4) is 0 Å². The van der Waals surface area contributed by atoms with E-state index in [2.05, 4.69) is 22.1 Å². The molecular formula is C40H67N9O4. The zero-order valence-corrected chi connectivity index (χ0v) is 32.6. The van der Waals surface area contributed by atoms with Crippen molar-refractivity contribution in [2.24, 2.45) is 32.2 Å². The van der Waals surface area contributed by atoms with Crippen LogP contribution in [-0.2, 0) is 19.1 Å². The number of nitrogens with one attached hydrogen (secondary N) is 1. The highest BCUT2D eigenvalue weighted by atomic mass is 16.5. The number of nitrogens with two attached hydrogens (primary N) is 3. The van der Waals surface area contributed by atoms with E-state index < -0.39 is 0 Å². The normalized spacial score (nSPS) is 23.3. The number of allylic oxidation sites excluding steroid dienone is 2. The van der Waals surface area contributed by atoms with E-state index in [1.54, 1.807) is 0 Å². The van der Waals surface area contributed by atoms with Crippen molar-refractivity contribution < 1.29 is 19.1 Å². The minimum Gasteiger partial charge on any atom is -0.462 e. The fraction of sp³-hybridized carbons (Fsp3) is 0.775. The van der Waals surface area contributed by atoms with Crippen LogP contribution >= 0.6 is 0 Å². The van der Waals surface area contributed by atoms with Gasteiger partial charge in [0.25, 0.3) is 0 Å². The highest BCUT2D eigenvalue weighted by molar-refractivity contribution is 5.97. The Bertz CT molecular complexity index is 1400. The Balaban J connectivity index is 0.967. The summed E-state index contributed by atoms with van der Waals surface area (Å²) in [5.41, 5.74) is 20.4. The Labute approximate surface area is 317 Å². The average Bonchev–Trinajstić information content (AvgIpc) is 3.79. The number of nitrogens with zero attached hydrogens (tertiary/aromatic N) is 5. The molecule has 2 saturated heterocycles. The number of ether oxygens (including phenoxy) is 2. The summed E-state index contributed by atoms with van der Waals surface area (Å²) in [5.74, 6) is 1.10. The van der Waals surface area contributed by atoms with E-state index in [9.17, 15) is 9.59 Å². The van der Waals surface area contributed by atoms with Crippen LogP contribution in [0.2, 0.25) is 0 Å². The molecule has 2 fully saturated rings. The summed E-state index contributed by atoms with van der Waals surface area (Å²) in [5, 5.41) is 3.49. The number of fused-ring (bicyclic) bond motifs is 1. The lowest BCUT2D eigenvalue weighted by Gasteiger charge is -2.42. The van der Waals surface area contributed by atoms with Gasteiger partial charge in [0.15, 0.2) is 17.9 Å². The molecule has 296 valence electrons. The number of esters is 2. The predicted octanol–water partition coefficient (Wildman–Crippen LogP) is 5.49. The molecule has 0 aromatic rings. The maximum absolute atomic E-state index is 13.3. The summed E-state index contributed by atoms with van der Waals surface area (Å²) in [6.45, 7) is 6.34. The number of aliphatic imine (C=N–C) groups is 3. The first-order valence-corrected chi connectivity index (χ1v) is 20.9. The van der Waals surface area contributed by atoms with Gasteiger partial charge in [0.05, 0.1) is 42.5 Å². The Morgan fingerprint density at radius 2 is 1.51 bits per heavy atom. The number of hydrogen-bond acceptors (Lipinski definition) is 11. The standard InChI is InChI=1S/C40H67N9O4/c1-3-4-5-9-12-18-29-27-30-21-22-33-34(28(2)45-40(46-29)49(30)33)36(50)52-25-15-11-8-6-7-10-13-19-31-35(32-20-17-24-48(32)39(43)47-31)37(51)53-26-16-14-23-44-38(41)42/h29-31,33H,3-27H2,1-2H3,(H2,43,47)(H,45,46)(H4,41,42,44)/t29-,30+,31-,33+/m1/s1. The van der Waals surface area contributed by atoms with Crippen LogP contribution in [0.5, 0.6) is 0 Å². The third-order valence-corrected chi connectivity index (χ3v) is 11.5. The fourth-order valence-electron chi connectivity index (χ4n) is 8.75. The minimum atomic E-state index is -0.281. The molecule has 13 heteroatoms. The van der Waals surface area contributed by atoms with Gasteiger partial charge < -0.3 is 41.8 Å². The van der Waals surface area contributed by atoms with Gasteiger partial charge in [-0.3, -0.25) is 4.99 Å². The summed E-state index contributed by atoms with van der Waals surface area (Å²) in [7, 11) is 0. The van der Waals surface area contributed by atoms with E-state index in [-0.39, 0.29) is 30.0 Å². The van der Waals surface area contributed by atoms with Gasteiger partial charge in [-0.1, -0.05) is 77.6 Å². The van der Waals surface area contributed by atoms with Crippen LogP contribution in [0.15, 0.2) is 37.5 Å². The highest BCUT2D eigenvalue weighted by Gasteiger charge is 2.46. The Morgan fingerprint density at radius 3 is 2.25 bits per heavy atom. The molecule has 0 aromatic heterocycles. The molecule has 53 heavy (non-hydrogen) atoms. The quantitative estimate of drug-likeness (QED) is 0.0452. The van der Waals surface area contributed by atoms with E-state index in [0.29, 0.717) is 49.8 Å². The van der Waals surface area contributed by atoms with Gasteiger partial charge in [-0.15, -0.1) is 0 Å². The molecular weight excluding hydrogens is 670 g/mol. The third kappa shape index (κ3) is 11.1. The lowest BCUT2D eigenvalue weighted by atomic mass is 9.96. The van der Waals surface area contributed by atoms with E-state index in [1.807, 2.05) is 11.8 Å². The van der Waals surface area contributed by atoms with E-state index in [1.165, 1.54) is 32.1 Å². The Morgan fingerprint density at radius 1 is 0.849 bits per heavy atom. The second-order valence-electron chi connectivity index (χ2n) is 15.5. The van der Waals surface area contributed by atoms with Gasteiger partial charge in [-0.2, -0.15) is 0 Å². The minimum absolute atomic E-state index is 0.0734. The topological polar surface area (TPSA) is 186 Å². The van der Waals surface area contributed by atoms with E-state index >= 15 is 0 Å². The number of rotatable bonds is 23. The lowest BCUT2D eigenvalue weighted by Crippen LogP contribution is -2.56. The van der Waals surface area contributed by atoms with Crippen LogP contribution in [0.3, 0.4) is 0 Å². The Hall–Kier alpha value is -3.77. The smallest absolute Gasteiger partial charge is 0.337 e. The van der Waals surface area contributed by atoms with Crippen molar-refractivity contribution >= 4 is 29.8 Å². The fourth-order valence-corrected chi connectivity index (χ4v) is 8.75. The molecule has 0 aromatic carbocycles. The van der Waals surface area contributed by atoms with Gasteiger partial charge in [0.2, 0.25) is 0 Å². The molecule has 4 atom stereocenters. The highest BCUT2D eigenvalue weighted by Crippen LogP contribution is 2.39. The van der Waals surface area contributed by atoms with Gasteiger partial charge in [0, 0.05) is 30.5 Å². The number of guanidine groups is 3. The lowest BCUT2D eigenvalue weighted by molar-refractivity contribution is -0.140. The second-order valence-corrected chi connectivity index (χ2v) is 15.5. The van der Waals surface area contributed by atoms with Crippen LogP contribution in [0.4, 0.5) is 0 Å². The van der Waals surface area contributed by atoms with Crippen LogP contribution in [-0.4, -0.2) is 90.1 Å². The first kappa shape index (κ1) is 40.4. The maximum atomic E-state index is 13.3. The van der Waals surface area contributed by atoms with Crippen LogP contribution in [0.1, 0.15) is 149 Å². The zero-order chi connectivity index (χ0) is 37.6. The molecule has 5 aliphatic heterocycles. The van der Waals surface area contributed by atoms with Crippen molar-refractivity contribution in [1.29, 1.82) is 0 Å². The summed E-state index contributed by atoms with van der Waals surface area (Å²) in [6, 6.07) is 0.669. The second kappa shape index (κ2) is 20.6. The van der Waals surface area contributed by atoms with Gasteiger partial charge in [0.1, 0.15) is 0 Å². The summed E-state index contributed by atoms with van der Waals surface area (Å²) in [6.07, 6.45) is 22.1. The largest absolute Gasteiger partial charge is 0.462 e. The molecule has 0 spiro atoms. The van der Waals surface area contributed by atoms with Gasteiger partial charge >= 0.3 is 11.9 Å². The molecule has 0 saturated carbocycles. The maximum Gasteiger partial charge on any atom is 0.337 e. The first-order valence-electron chi connectivity index (χ1n) is 20.9. The Kier molecular flexibility index (Phi) is 15.7. The van der Waals surface area contributed by atoms with Crippen molar-refractivity contribution in [3.05, 3.63) is 22.5 Å². The monoisotopic (exact) mass is 738 g/mol. The number of unbranched alkanes of at least 4 members (excludes halogenated alkanes) is 11. The number of carbonyl (C=O) groups is 2. The van der Waals surface area contributed by atoms with Gasteiger partial charge in [-0.25, -0.2) is 19.6 Å². The number of hydrogen-bond donors (Lipinski definition) is 4. The number of carbonyl (C=O) groups excluding carboxylic acids is 2. The molecule has 0 aliphatic carbocycles. The summed E-state index contributed by atoms with van der Waals surface area (Å²) in [4.78, 5) is 44.7. The predicted molar refractivity (Wildman–Crippen MR) is 211 cm³/mol. The summed E-state index contributed by atoms with van der Waals surface area (Å²) >= 11 is 0. The molecule has 13 nitrogen and oxygen atoms in total.